The van der Waals surface area contributed by atoms with Gasteiger partial charge in [-0.3, -0.25) is 15.1 Å². The monoisotopic (exact) mass is 482 g/mol. The van der Waals surface area contributed by atoms with Gasteiger partial charge in [-0.1, -0.05) is 12.1 Å². The van der Waals surface area contributed by atoms with Crippen LogP contribution in [0.1, 0.15) is 29.2 Å². The lowest BCUT2D eigenvalue weighted by Gasteiger charge is -2.15. The fourth-order valence-electron chi connectivity index (χ4n) is 2.95. The second-order valence-electron chi connectivity index (χ2n) is 6.95. The van der Waals surface area contributed by atoms with E-state index < -0.39 is 4.92 Å². The summed E-state index contributed by atoms with van der Waals surface area (Å²) in [6.07, 6.45) is 1.80. The van der Waals surface area contributed by atoms with Gasteiger partial charge in [0.25, 0.3) is 5.69 Å². The average molecular weight is 483 g/mol. The minimum Gasteiger partial charge on any atom is -0.490 e. The van der Waals surface area contributed by atoms with Gasteiger partial charge in [0, 0.05) is 18.3 Å². The Balaban J connectivity index is 1.82. The molecule has 0 spiro atoms. The lowest BCUT2D eigenvalue weighted by Crippen LogP contribution is -2.01. The minimum atomic E-state index is -0.424. The molecular weight excluding hydrogens is 460 g/mol. The van der Waals surface area contributed by atoms with Crippen LogP contribution in [0.15, 0.2) is 64.1 Å². The van der Waals surface area contributed by atoms with E-state index in [1.807, 2.05) is 31.2 Å². The van der Waals surface area contributed by atoms with Crippen LogP contribution in [0.5, 0.6) is 11.5 Å². The second kappa shape index (κ2) is 10.2. The Morgan fingerprint density at radius 1 is 1.10 bits per heavy atom. The van der Waals surface area contributed by atoms with Crippen molar-refractivity contribution in [3.05, 3.63) is 91.4 Å². The highest BCUT2D eigenvalue weighted by atomic mass is 79.9. The Kier molecular flexibility index (Phi) is 7.41. The van der Waals surface area contributed by atoms with Gasteiger partial charge in [0.1, 0.15) is 6.61 Å². The summed E-state index contributed by atoms with van der Waals surface area (Å²) in [6, 6.07) is 16.1. The number of nitrogens with zero attached hydrogens (tertiary/aromatic N) is 2. The molecule has 0 amide bonds. The molecule has 0 aliphatic carbocycles. The molecule has 0 unspecified atom stereocenters. The normalized spacial score (nSPS) is 11.0. The van der Waals surface area contributed by atoms with Crippen molar-refractivity contribution in [1.29, 1.82) is 0 Å². The van der Waals surface area contributed by atoms with E-state index in [2.05, 4.69) is 40.8 Å². The molecule has 3 aromatic carbocycles. The second-order valence-corrected chi connectivity index (χ2v) is 7.81. The lowest BCUT2D eigenvalue weighted by molar-refractivity contribution is -0.384. The Hall–Kier alpha value is -3.19. The highest BCUT2D eigenvalue weighted by Gasteiger charge is 2.13. The number of halogens is 1. The summed E-state index contributed by atoms with van der Waals surface area (Å²) in [6.45, 7) is 6.77. The van der Waals surface area contributed by atoms with Gasteiger partial charge >= 0.3 is 0 Å². The van der Waals surface area contributed by atoms with Gasteiger partial charge in [-0.25, -0.2) is 0 Å². The van der Waals surface area contributed by atoms with Crippen LogP contribution in [-0.4, -0.2) is 17.7 Å². The molecule has 160 valence electrons. The van der Waals surface area contributed by atoms with Crippen molar-refractivity contribution in [2.24, 2.45) is 4.99 Å². The number of aryl methyl sites for hydroxylation is 1. The van der Waals surface area contributed by atoms with Gasteiger partial charge in [0.2, 0.25) is 0 Å². The molecule has 0 bridgehead atoms. The van der Waals surface area contributed by atoms with Crippen LogP contribution >= 0.6 is 15.9 Å². The molecule has 7 heteroatoms. The molecule has 0 aromatic heterocycles. The largest absolute Gasteiger partial charge is 0.490 e. The fraction of sp³-hybridized carbons (Fsp3) is 0.208. The van der Waals surface area contributed by atoms with E-state index in [0.29, 0.717) is 18.1 Å². The molecule has 0 aliphatic rings. The van der Waals surface area contributed by atoms with E-state index in [1.165, 1.54) is 17.7 Å². The smallest absolute Gasteiger partial charge is 0.269 e. The maximum Gasteiger partial charge on any atom is 0.269 e. The molecule has 0 heterocycles. The maximum atomic E-state index is 10.8. The third-order valence-corrected chi connectivity index (χ3v) is 5.38. The molecule has 0 fully saturated rings. The SMILES string of the molecule is CCOc1cc(C=Nc2cccc(C)c2C)cc(Br)c1OCc1ccc([N+](=O)[O-])cc1. The molecule has 6 nitrogen and oxygen atoms in total. The lowest BCUT2D eigenvalue weighted by atomic mass is 10.1. The van der Waals surface area contributed by atoms with Crippen molar-refractivity contribution in [3.8, 4) is 11.5 Å². The number of nitro benzene ring substituents is 1. The number of hydrogen-bond donors (Lipinski definition) is 0. The summed E-state index contributed by atoms with van der Waals surface area (Å²) in [7, 11) is 0. The third kappa shape index (κ3) is 5.70. The molecule has 3 rings (SSSR count). The Bertz CT molecular complexity index is 1110. The molecular formula is C24H23BrN2O4. The van der Waals surface area contributed by atoms with Crippen LogP contribution in [-0.2, 0) is 6.61 Å². The summed E-state index contributed by atoms with van der Waals surface area (Å²) in [5.74, 6) is 1.17. The number of ether oxygens (including phenoxy) is 2. The Morgan fingerprint density at radius 2 is 1.84 bits per heavy atom. The number of hydrogen-bond acceptors (Lipinski definition) is 5. The average Bonchev–Trinajstić information content (AvgIpc) is 2.74. The Morgan fingerprint density at radius 3 is 2.52 bits per heavy atom. The zero-order chi connectivity index (χ0) is 22.4. The van der Waals surface area contributed by atoms with Crippen LogP contribution in [0.25, 0.3) is 0 Å². The van der Waals surface area contributed by atoms with E-state index in [0.717, 1.165) is 26.9 Å². The highest BCUT2D eigenvalue weighted by molar-refractivity contribution is 9.10. The van der Waals surface area contributed by atoms with Gasteiger partial charge in [-0.05, 0) is 89.3 Å². The van der Waals surface area contributed by atoms with Crippen LogP contribution in [0.2, 0.25) is 0 Å². The first kappa shape index (κ1) is 22.5. The van der Waals surface area contributed by atoms with Crippen molar-refractivity contribution in [1.82, 2.24) is 0 Å². The number of rotatable bonds is 8. The standard InChI is InChI=1S/C24H23BrN2O4/c1-4-30-23-13-19(14-26-22-7-5-6-16(2)17(22)3)12-21(25)24(23)31-15-18-8-10-20(11-9-18)27(28)29/h5-14H,4,15H2,1-3H3. The van der Waals surface area contributed by atoms with Gasteiger partial charge in [0.05, 0.1) is 21.7 Å². The van der Waals surface area contributed by atoms with Gasteiger partial charge in [-0.15, -0.1) is 0 Å². The molecule has 0 aliphatic heterocycles. The number of nitro groups is 1. The number of non-ortho nitro benzene ring substituents is 1. The minimum absolute atomic E-state index is 0.0485. The van der Waals surface area contributed by atoms with Crippen LogP contribution in [0.3, 0.4) is 0 Å². The predicted octanol–water partition coefficient (Wildman–Crippen LogP) is 6.70. The van der Waals surface area contributed by atoms with Crippen LogP contribution < -0.4 is 9.47 Å². The molecule has 0 N–H and O–H groups in total. The molecule has 0 radical (unpaired) electrons. The van der Waals surface area contributed by atoms with Crippen LogP contribution in [0.4, 0.5) is 11.4 Å². The van der Waals surface area contributed by atoms with Crippen molar-refractivity contribution in [2.75, 3.05) is 6.61 Å². The zero-order valence-electron chi connectivity index (χ0n) is 17.6. The molecule has 31 heavy (non-hydrogen) atoms. The summed E-state index contributed by atoms with van der Waals surface area (Å²) < 4.78 is 12.5. The third-order valence-electron chi connectivity index (χ3n) is 4.79. The fourth-order valence-corrected chi connectivity index (χ4v) is 3.53. The van der Waals surface area contributed by atoms with Crippen molar-refractivity contribution in [3.63, 3.8) is 0 Å². The van der Waals surface area contributed by atoms with Gasteiger partial charge in [-0.2, -0.15) is 0 Å². The summed E-state index contributed by atoms with van der Waals surface area (Å²) >= 11 is 3.57. The maximum absolute atomic E-state index is 10.8. The van der Waals surface area contributed by atoms with Gasteiger partial charge < -0.3 is 9.47 Å². The molecule has 3 aromatic rings. The first-order chi connectivity index (χ1) is 14.9. The van der Waals surface area contributed by atoms with Crippen molar-refractivity contribution < 1.29 is 14.4 Å². The number of benzene rings is 3. The predicted molar refractivity (Wildman–Crippen MR) is 126 cm³/mol. The van der Waals surface area contributed by atoms with E-state index >= 15 is 0 Å². The van der Waals surface area contributed by atoms with E-state index in [-0.39, 0.29) is 12.3 Å². The first-order valence-electron chi connectivity index (χ1n) is 9.81. The highest BCUT2D eigenvalue weighted by Crippen LogP contribution is 2.37. The summed E-state index contributed by atoms with van der Waals surface area (Å²) in [4.78, 5) is 15.0. The van der Waals surface area contributed by atoms with Crippen molar-refractivity contribution >= 4 is 33.5 Å². The van der Waals surface area contributed by atoms with Gasteiger partial charge in [0.15, 0.2) is 11.5 Å². The topological polar surface area (TPSA) is 74.0 Å². The van der Waals surface area contributed by atoms with E-state index in [4.69, 9.17) is 9.47 Å². The zero-order valence-corrected chi connectivity index (χ0v) is 19.2. The summed E-state index contributed by atoms with van der Waals surface area (Å²) in [5, 5.41) is 10.8. The quantitative estimate of drug-likeness (QED) is 0.203. The molecule has 0 saturated carbocycles. The Labute approximate surface area is 189 Å². The van der Waals surface area contributed by atoms with Crippen LogP contribution in [0, 0.1) is 24.0 Å². The van der Waals surface area contributed by atoms with E-state index in [9.17, 15) is 10.1 Å². The number of aliphatic imine (C=N–C) groups is 1. The van der Waals surface area contributed by atoms with Crippen molar-refractivity contribution in [2.45, 2.75) is 27.4 Å². The molecule has 0 saturated heterocycles. The molecule has 0 atom stereocenters. The van der Waals surface area contributed by atoms with E-state index in [1.54, 1.807) is 18.3 Å². The first-order valence-corrected chi connectivity index (χ1v) is 10.6. The summed E-state index contributed by atoms with van der Waals surface area (Å²) in [5.41, 5.74) is 5.01.